The molecule has 0 fully saturated rings. The summed E-state index contributed by atoms with van der Waals surface area (Å²) in [5.74, 6) is 0.464. The van der Waals surface area contributed by atoms with Crippen LogP contribution in [0.4, 0.5) is 0 Å². The Bertz CT molecular complexity index is 1160. The van der Waals surface area contributed by atoms with Crippen LogP contribution in [0.3, 0.4) is 0 Å². The predicted octanol–water partition coefficient (Wildman–Crippen LogP) is 4.26. The van der Waals surface area contributed by atoms with Crippen LogP contribution in [0.1, 0.15) is 42.7 Å². The number of allylic oxidation sites excluding steroid dienone is 3. The quantitative estimate of drug-likeness (QED) is 0.449. The van der Waals surface area contributed by atoms with Crippen molar-refractivity contribution in [2.75, 3.05) is 34.5 Å². The molecular weight excluding hydrogens is 446 g/mol. The molecule has 0 radical (unpaired) electrons. The number of para-hydroxylation sites is 1. The number of nitrogens with one attached hydrogen (secondary N) is 1. The van der Waals surface area contributed by atoms with E-state index in [0.717, 1.165) is 22.6 Å². The van der Waals surface area contributed by atoms with Gasteiger partial charge in [0, 0.05) is 42.3 Å². The van der Waals surface area contributed by atoms with E-state index in [9.17, 15) is 9.59 Å². The first-order valence-electron chi connectivity index (χ1n) is 11.6. The fourth-order valence-electron chi connectivity index (χ4n) is 4.96. The van der Waals surface area contributed by atoms with Crippen LogP contribution in [0.25, 0.3) is 0 Å². The second-order valence-electron chi connectivity index (χ2n) is 8.66. The lowest BCUT2D eigenvalue weighted by Crippen LogP contribution is -2.36. The van der Waals surface area contributed by atoms with Crippen molar-refractivity contribution in [3.05, 3.63) is 82.2 Å². The molecule has 2 aromatic rings. The summed E-state index contributed by atoms with van der Waals surface area (Å²) < 4.78 is 21.4. The first-order chi connectivity index (χ1) is 17.0. The van der Waals surface area contributed by atoms with Gasteiger partial charge in [0.25, 0.3) is 0 Å². The van der Waals surface area contributed by atoms with E-state index in [1.807, 2.05) is 55.5 Å². The standard InChI is InChI=1S/C28H31NO6/c1-17-25(28(31)35-14-13-32-2)26(18-9-11-20(33-3)12-10-18)27-22(29-17)15-19(16-23(27)30)21-7-5-6-8-24(21)34-4/h5-12,19,26,29H,13-16H2,1-4H3. The molecule has 1 N–H and O–H groups in total. The second-order valence-corrected chi connectivity index (χ2v) is 8.66. The van der Waals surface area contributed by atoms with Gasteiger partial charge in [-0.3, -0.25) is 4.79 Å². The van der Waals surface area contributed by atoms with Gasteiger partial charge in [-0.05, 0) is 42.7 Å². The number of hydrogen-bond acceptors (Lipinski definition) is 7. The Balaban J connectivity index is 1.75. The Morgan fingerprint density at radius 2 is 1.71 bits per heavy atom. The van der Waals surface area contributed by atoms with Gasteiger partial charge in [-0.2, -0.15) is 0 Å². The van der Waals surface area contributed by atoms with Gasteiger partial charge in [0.05, 0.1) is 26.4 Å². The molecule has 0 aromatic heterocycles. The molecule has 1 heterocycles. The summed E-state index contributed by atoms with van der Waals surface area (Å²) in [4.78, 5) is 26.9. The minimum Gasteiger partial charge on any atom is -0.497 e. The van der Waals surface area contributed by atoms with Crippen LogP contribution in [-0.2, 0) is 19.1 Å². The predicted molar refractivity (Wildman–Crippen MR) is 131 cm³/mol. The zero-order chi connectivity index (χ0) is 24.9. The molecule has 1 aliphatic heterocycles. The lowest BCUT2D eigenvalue weighted by atomic mass is 9.71. The molecule has 0 saturated carbocycles. The summed E-state index contributed by atoms with van der Waals surface area (Å²) in [5.41, 5.74) is 4.41. The number of hydrogen-bond donors (Lipinski definition) is 1. The summed E-state index contributed by atoms with van der Waals surface area (Å²) >= 11 is 0. The van der Waals surface area contributed by atoms with Crippen molar-refractivity contribution in [2.24, 2.45) is 0 Å². The second kappa shape index (κ2) is 10.8. The Labute approximate surface area is 205 Å². The van der Waals surface area contributed by atoms with Gasteiger partial charge in [0.15, 0.2) is 5.78 Å². The Morgan fingerprint density at radius 3 is 2.40 bits per heavy atom. The zero-order valence-electron chi connectivity index (χ0n) is 20.6. The number of dihydropyridines is 1. The lowest BCUT2D eigenvalue weighted by molar-refractivity contribution is -0.140. The average molecular weight is 478 g/mol. The minimum absolute atomic E-state index is 0.00478. The number of carbonyl (C=O) groups excluding carboxylic acids is 2. The maximum absolute atomic E-state index is 13.7. The monoisotopic (exact) mass is 477 g/mol. The number of carbonyl (C=O) groups is 2. The van der Waals surface area contributed by atoms with Crippen molar-refractivity contribution in [1.82, 2.24) is 5.32 Å². The van der Waals surface area contributed by atoms with Crippen molar-refractivity contribution in [1.29, 1.82) is 0 Å². The van der Waals surface area contributed by atoms with Gasteiger partial charge in [-0.25, -0.2) is 4.79 Å². The molecule has 2 atom stereocenters. The van der Waals surface area contributed by atoms with Crippen LogP contribution >= 0.6 is 0 Å². The normalized spacial score (nSPS) is 19.7. The molecule has 0 amide bonds. The molecule has 7 nitrogen and oxygen atoms in total. The Morgan fingerprint density at radius 1 is 0.971 bits per heavy atom. The number of ether oxygens (including phenoxy) is 4. The summed E-state index contributed by atoms with van der Waals surface area (Å²) in [5, 5.41) is 3.37. The smallest absolute Gasteiger partial charge is 0.336 e. The van der Waals surface area contributed by atoms with Crippen LogP contribution in [0, 0.1) is 0 Å². The van der Waals surface area contributed by atoms with Gasteiger partial charge in [-0.15, -0.1) is 0 Å². The van der Waals surface area contributed by atoms with E-state index in [0.29, 0.717) is 42.0 Å². The average Bonchev–Trinajstić information content (AvgIpc) is 2.87. The van der Waals surface area contributed by atoms with Crippen LogP contribution in [0.15, 0.2) is 71.1 Å². The number of methoxy groups -OCH3 is 3. The topological polar surface area (TPSA) is 83.1 Å². The maximum atomic E-state index is 13.7. The lowest BCUT2D eigenvalue weighted by Gasteiger charge is -2.37. The zero-order valence-corrected chi connectivity index (χ0v) is 20.6. The molecule has 1 aliphatic carbocycles. The highest BCUT2D eigenvalue weighted by Gasteiger charge is 2.41. The Kier molecular flexibility index (Phi) is 7.56. The van der Waals surface area contributed by atoms with Gasteiger partial charge < -0.3 is 24.3 Å². The van der Waals surface area contributed by atoms with Crippen molar-refractivity contribution >= 4 is 11.8 Å². The van der Waals surface area contributed by atoms with E-state index in [1.165, 1.54) is 0 Å². The SMILES string of the molecule is COCCOC(=O)C1=C(C)NC2=C(C(=O)CC(c3ccccc3OC)C2)C1c1ccc(OC)cc1. The third kappa shape index (κ3) is 4.95. The van der Waals surface area contributed by atoms with Crippen LogP contribution in [-0.4, -0.2) is 46.3 Å². The summed E-state index contributed by atoms with van der Waals surface area (Å²) in [7, 11) is 4.79. The van der Waals surface area contributed by atoms with E-state index in [1.54, 1.807) is 21.3 Å². The molecule has 35 heavy (non-hydrogen) atoms. The number of ketones is 1. The molecule has 2 unspecified atom stereocenters. The highest BCUT2D eigenvalue weighted by atomic mass is 16.6. The van der Waals surface area contributed by atoms with Crippen LogP contribution < -0.4 is 14.8 Å². The molecule has 7 heteroatoms. The molecule has 0 spiro atoms. The largest absolute Gasteiger partial charge is 0.497 e. The number of rotatable bonds is 8. The van der Waals surface area contributed by atoms with Gasteiger partial charge in [0.1, 0.15) is 18.1 Å². The fourth-order valence-corrected chi connectivity index (χ4v) is 4.96. The van der Waals surface area contributed by atoms with Crippen LogP contribution in [0.2, 0.25) is 0 Å². The van der Waals surface area contributed by atoms with Crippen molar-refractivity contribution in [3.8, 4) is 11.5 Å². The molecule has 0 bridgehead atoms. The highest BCUT2D eigenvalue weighted by molar-refractivity contribution is 6.04. The summed E-state index contributed by atoms with van der Waals surface area (Å²) in [6.07, 6.45) is 0.968. The Hall–Kier alpha value is -3.58. The van der Waals surface area contributed by atoms with Gasteiger partial charge >= 0.3 is 5.97 Å². The summed E-state index contributed by atoms with van der Waals surface area (Å²) in [6.45, 7) is 2.29. The van der Waals surface area contributed by atoms with Crippen molar-refractivity contribution in [3.63, 3.8) is 0 Å². The van der Waals surface area contributed by atoms with E-state index < -0.39 is 11.9 Å². The molecule has 4 rings (SSSR count). The van der Waals surface area contributed by atoms with Crippen molar-refractivity contribution < 1.29 is 28.5 Å². The molecule has 184 valence electrons. The van der Waals surface area contributed by atoms with E-state index in [-0.39, 0.29) is 18.3 Å². The van der Waals surface area contributed by atoms with Gasteiger partial charge in [0.2, 0.25) is 0 Å². The van der Waals surface area contributed by atoms with E-state index >= 15 is 0 Å². The van der Waals surface area contributed by atoms with E-state index in [2.05, 4.69) is 5.32 Å². The highest BCUT2D eigenvalue weighted by Crippen LogP contribution is 2.47. The third-order valence-electron chi connectivity index (χ3n) is 6.60. The molecule has 0 saturated heterocycles. The third-order valence-corrected chi connectivity index (χ3v) is 6.60. The number of Topliss-reactive ketones (excluding diaryl/α,β-unsaturated/α-hetero) is 1. The first-order valence-corrected chi connectivity index (χ1v) is 11.6. The molecule has 2 aromatic carbocycles. The fraction of sp³-hybridized carbons (Fsp3) is 0.357. The minimum atomic E-state index is -0.529. The number of benzene rings is 2. The number of esters is 1. The molecule has 2 aliphatic rings. The molecular formula is C28H31NO6. The first kappa shape index (κ1) is 24.5. The van der Waals surface area contributed by atoms with Gasteiger partial charge in [-0.1, -0.05) is 30.3 Å². The maximum Gasteiger partial charge on any atom is 0.336 e. The van der Waals surface area contributed by atoms with Crippen LogP contribution in [0.5, 0.6) is 11.5 Å². The summed E-state index contributed by atoms with van der Waals surface area (Å²) in [6, 6.07) is 15.3. The van der Waals surface area contributed by atoms with E-state index in [4.69, 9.17) is 18.9 Å². The van der Waals surface area contributed by atoms with Crippen molar-refractivity contribution in [2.45, 2.75) is 31.6 Å².